The summed E-state index contributed by atoms with van der Waals surface area (Å²) in [5.74, 6) is 0.250. The van der Waals surface area contributed by atoms with E-state index in [-0.39, 0.29) is 5.88 Å². The molecule has 0 atom stereocenters. The third-order valence-electron chi connectivity index (χ3n) is 1.79. The Morgan fingerprint density at radius 1 is 1.36 bits per heavy atom. The number of anilines is 1. The van der Waals surface area contributed by atoms with E-state index < -0.39 is 0 Å². The Kier molecular flexibility index (Phi) is 2.48. The van der Waals surface area contributed by atoms with Crippen LogP contribution < -0.4 is 5.73 Å². The van der Waals surface area contributed by atoms with E-state index in [0.717, 1.165) is 5.56 Å². The Morgan fingerprint density at radius 3 is 2.64 bits per heavy atom. The highest BCUT2D eigenvalue weighted by molar-refractivity contribution is 9.10. The molecule has 0 unspecified atom stereocenters. The molecule has 0 radical (unpaired) electrons. The molecular weight excluding hydrogens is 267 g/mol. The summed E-state index contributed by atoms with van der Waals surface area (Å²) in [7, 11) is 0. The summed E-state index contributed by atoms with van der Waals surface area (Å²) in [5, 5.41) is 4.43. The number of nitrogens with zero attached hydrogens (tertiary/aromatic N) is 1. The van der Waals surface area contributed by atoms with Gasteiger partial charge >= 0.3 is 0 Å². The monoisotopic (exact) mass is 272 g/mol. The van der Waals surface area contributed by atoms with Gasteiger partial charge in [-0.15, -0.1) is 0 Å². The molecule has 0 amide bonds. The number of hydrogen-bond acceptors (Lipinski definition) is 3. The molecule has 1 aromatic heterocycles. The minimum Gasteiger partial charge on any atom is -0.367 e. The van der Waals surface area contributed by atoms with Gasteiger partial charge in [-0.25, -0.2) is 0 Å². The van der Waals surface area contributed by atoms with E-state index in [9.17, 15) is 0 Å². The van der Waals surface area contributed by atoms with E-state index in [2.05, 4.69) is 21.1 Å². The smallest absolute Gasteiger partial charge is 0.237 e. The van der Waals surface area contributed by atoms with Crippen molar-refractivity contribution in [2.45, 2.75) is 0 Å². The largest absolute Gasteiger partial charge is 0.367 e. The van der Waals surface area contributed by atoms with Gasteiger partial charge < -0.3 is 10.3 Å². The normalized spacial score (nSPS) is 10.4. The molecule has 14 heavy (non-hydrogen) atoms. The SMILES string of the molecule is Nc1onc(-c2ccccc2Cl)c1Br. The minimum atomic E-state index is 0.250. The van der Waals surface area contributed by atoms with Gasteiger partial charge in [0.05, 0.1) is 5.02 Å². The molecule has 0 aliphatic rings. The number of nitrogens with two attached hydrogens (primary N) is 1. The number of halogens is 2. The standard InChI is InChI=1S/C9H6BrClN2O/c10-7-8(13-14-9(7)12)5-3-1-2-4-6(5)11/h1-4H,12H2. The Bertz CT molecular complexity index is 470. The summed E-state index contributed by atoms with van der Waals surface area (Å²) in [4.78, 5) is 0. The van der Waals surface area contributed by atoms with Crippen LogP contribution in [-0.4, -0.2) is 5.16 Å². The zero-order chi connectivity index (χ0) is 10.1. The summed E-state index contributed by atoms with van der Waals surface area (Å²) in [6, 6.07) is 7.36. The molecular formula is C9H6BrClN2O. The number of nitrogen functional groups attached to an aromatic ring is 1. The third-order valence-corrected chi connectivity index (χ3v) is 2.88. The molecule has 0 bridgehead atoms. The first-order valence-corrected chi connectivity index (χ1v) is 5.03. The molecule has 72 valence electrons. The number of benzene rings is 1. The summed E-state index contributed by atoms with van der Waals surface area (Å²) in [5.41, 5.74) is 6.92. The minimum absolute atomic E-state index is 0.250. The molecule has 0 aliphatic heterocycles. The summed E-state index contributed by atoms with van der Waals surface area (Å²) in [6.07, 6.45) is 0. The second-order valence-electron chi connectivity index (χ2n) is 2.69. The fourth-order valence-electron chi connectivity index (χ4n) is 1.11. The number of hydrogen-bond donors (Lipinski definition) is 1. The fraction of sp³-hybridized carbons (Fsp3) is 0. The topological polar surface area (TPSA) is 52.0 Å². The maximum atomic E-state index is 6.00. The van der Waals surface area contributed by atoms with Crippen LogP contribution in [0.5, 0.6) is 0 Å². The average molecular weight is 274 g/mol. The molecule has 1 aromatic carbocycles. The Morgan fingerprint density at radius 2 is 2.07 bits per heavy atom. The third kappa shape index (κ3) is 1.51. The van der Waals surface area contributed by atoms with E-state index in [1.807, 2.05) is 18.2 Å². The molecule has 0 saturated carbocycles. The van der Waals surface area contributed by atoms with Crippen LogP contribution in [0, 0.1) is 0 Å². The Balaban J connectivity index is 2.60. The van der Waals surface area contributed by atoms with Crippen molar-refractivity contribution in [3.05, 3.63) is 33.8 Å². The lowest BCUT2D eigenvalue weighted by molar-refractivity contribution is 0.439. The first-order valence-electron chi connectivity index (χ1n) is 3.85. The molecule has 1 heterocycles. The van der Waals surface area contributed by atoms with E-state index in [4.69, 9.17) is 21.9 Å². The van der Waals surface area contributed by atoms with Crippen molar-refractivity contribution in [1.82, 2.24) is 5.16 Å². The predicted octanol–water partition coefficient (Wildman–Crippen LogP) is 3.34. The fourth-order valence-corrected chi connectivity index (χ4v) is 1.70. The summed E-state index contributed by atoms with van der Waals surface area (Å²) >= 11 is 9.28. The molecule has 0 fully saturated rings. The van der Waals surface area contributed by atoms with Crippen LogP contribution in [0.4, 0.5) is 5.88 Å². The van der Waals surface area contributed by atoms with Gasteiger partial charge in [-0.3, -0.25) is 0 Å². The molecule has 0 saturated heterocycles. The average Bonchev–Trinajstić information content (AvgIpc) is 2.49. The van der Waals surface area contributed by atoms with Crippen molar-refractivity contribution in [3.8, 4) is 11.3 Å². The van der Waals surface area contributed by atoms with Crippen LogP contribution in [0.15, 0.2) is 33.3 Å². The highest BCUT2D eigenvalue weighted by Crippen LogP contribution is 2.35. The Labute approximate surface area is 94.0 Å². The molecule has 0 aliphatic carbocycles. The maximum Gasteiger partial charge on any atom is 0.237 e. The van der Waals surface area contributed by atoms with Crippen LogP contribution in [0.2, 0.25) is 5.02 Å². The lowest BCUT2D eigenvalue weighted by Crippen LogP contribution is -1.82. The van der Waals surface area contributed by atoms with Crippen LogP contribution >= 0.6 is 27.5 Å². The van der Waals surface area contributed by atoms with Crippen molar-refractivity contribution in [1.29, 1.82) is 0 Å². The Hall–Kier alpha value is -1.000. The van der Waals surface area contributed by atoms with Gasteiger partial charge in [0, 0.05) is 5.56 Å². The molecule has 0 spiro atoms. The van der Waals surface area contributed by atoms with E-state index >= 15 is 0 Å². The van der Waals surface area contributed by atoms with Gasteiger partial charge in [0.15, 0.2) is 0 Å². The highest BCUT2D eigenvalue weighted by atomic mass is 79.9. The van der Waals surface area contributed by atoms with Gasteiger partial charge in [-0.2, -0.15) is 0 Å². The zero-order valence-corrected chi connectivity index (χ0v) is 9.34. The van der Waals surface area contributed by atoms with Crippen molar-refractivity contribution < 1.29 is 4.52 Å². The number of rotatable bonds is 1. The van der Waals surface area contributed by atoms with Gasteiger partial charge in [-0.05, 0) is 22.0 Å². The van der Waals surface area contributed by atoms with Crippen molar-refractivity contribution in [3.63, 3.8) is 0 Å². The molecule has 3 nitrogen and oxygen atoms in total. The van der Waals surface area contributed by atoms with Crippen LogP contribution in [0.3, 0.4) is 0 Å². The lowest BCUT2D eigenvalue weighted by Gasteiger charge is -1.98. The zero-order valence-electron chi connectivity index (χ0n) is 7.00. The van der Waals surface area contributed by atoms with Crippen LogP contribution in [0.25, 0.3) is 11.3 Å². The van der Waals surface area contributed by atoms with E-state index in [0.29, 0.717) is 15.2 Å². The predicted molar refractivity (Wildman–Crippen MR) is 59.1 cm³/mol. The summed E-state index contributed by atoms with van der Waals surface area (Å²) < 4.78 is 5.46. The first kappa shape index (κ1) is 9.55. The van der Waals surface area contributed by atoms with Gasteiger partial charge in [0.25, 0.3) is 0 Å². The first-order chi connectivity index (χ1) is 6.70. The van der Waals surface area contributed by atoms with Gasteiger partial charge in [0.2, 0.25) is 5.88 Å². The quantitative estimate of drug-likeness (QED) is 0.867. The van der Waals surface area contributed by atoms with Gasteiger partial charge in [-0.1, -0.05) is 35.0 Å². The van der Waals surface area contributed by atoms with Crippen molar-refractivity contribution in [2.75, 3.05) is 5.73 Å². The number of aromatic nitrogens is 1. The van der Waals surface area contributed by atoms with Crippen LogP contribution in [-0.2, 0) is 0 Å². The molecule has 2 N–H and O–H groups in total. The second-order valence-corrected chi connectivity index (χ2v) is 3.89. The summed E-state index contributed by atoms with van der Waals surface area (Å²) in [6.45, 7) is 0. The highest BCUT2D eigenvalue weighted by Gasteiger charge is 2.14. The molecule has 2 rings (SSSR count). The van der Waals surface area contributed by atoms with Crippen LogP contribution in [0.1, 0.15) is 0 Å². The van der Waals surface area contributed by atoms with E-state index in [1.165, 1.54) is 0 Å². The van der Waals surface area contributed by atoms with E-state index in [1.54, 1.807) is 6.07 Å². The lowest BCUT2D eigenvalue weighted by atomic mass is 10.1. The van der Waals surface area contributed by atoms with Gasteiger partial charge in [0.1, 0.15) is 10.2 Å². The maximum absolute atomic E-state index is 6.00. The van der Waals surface area contributed by atoms with Crippen molar-refractivity contribution >= 4 is 33.4 Å². The molecule has 5 heteroatoms. The molecule has 2 aromatic rings. The van der Waals surface area contributed by atoms with Crippen molar-refractivity contribution in [2.24, 2.45) is 0 Å². The second kappa shape index (κ2) is 3.63.